The fourth-order valence-corrected chi connectivity index (χ4v) is 2.42. The average Bonchev–Trinajstić information content (AvgIpc) is 3.34. The van der Waals surface area contributed by atoms with Crippen molar-refractivity contribution >= 4 is 33.8 Å². The Morgan fingerprint density at radius 2 is 1.73 bits per heavy atom. The lowest BCUT2D eigenvalue weighted by atomic mass is 10.2. The summed E-state index contributed by atoms with van der Waals surface area (Å²) in [6.07, 6.45) is 4.51. The lowest BCUT2D eigenvalue weighted by Crippen LogP contribution is -2.34. The zero-order chi connectivity index (χ0) is 18.4. The molecule has 0 saturated heterocycles. The van der Waals surface area contributed by atoms with Crippen molar-refractivity contribution in [2.24, 2.45) is 0 Å². The highest BCUT2D eigenvalue weighted by Crippen LogP contribution is 2.13. The first kappa shape index (κ1) is 17.8. The molecule has 3 aromatic rings. The van der Waals surface area contributed by atoms with Crippen molar-refractivity contribution in [3.8, 4) is 0 Å². The molecule has 0 fully saturated rings. The highest BCUT2D eigenvalue weighted by molar-refractivity contribution is 9.10. The second kappa shape index (κ2) is 8.35. The third-order valence-corrected chi connectivity index (χ3v) is 3.95. The van der Waals surface area contributed by atoms with Crippen molar-refractivity contribution in [2.45, 2.75) is 6.54 Å². The van der Waals surface area contributed by atoms with E-state index in [4.69, 9.17) is 8.83 Å². The van der Waals surface area contributed by atoms with Gasteiger partial charge in [0.15, 0.2) is 5.76 Å². The Morgan fingerprint density at radius 3 is 2.38 bits per heavy atom. The van der Waals surface area contributed by atoms with E-state index < -0.39 is 11.8 Å². The van der Waals surface area contributed by atoms with E-state index in [0.717, 1.165) is 10.0 Å². The van der Waals surface area contributed by atoms with Gasteiger partial charge in [-0.1, -0.05) is 28.1 Å². The number of rotatable bonds is 6. The highest BCUT2D eigenvalue weighted by atomic mass is 79.9. The zero-order valence-electron chi connectivity index (χ0n) is 13.6. The van der Waals surface area contributed by atoms with Gasteiger partial charge >= 0.3 is 0 Å². The minimum Gasteiger partial charge on any atom is -0.467 e. The highest BCUT2D eigenvalue weighted by Gasteiger charge is 2.16. The van der Waals surface area contributed by atoms with E-state index in [9.17, 15) is 9.59 Å². The number of hydrogen-bond donors (Lipinski definition) is 2. The van der Waals surface area contributed by atoms with Crippen LogP contribution in [0.4, 0.5) is 0 Å². The van der Waals surface area contributed by atoms with Crippen molar-refractivity contribution in [1.82, 2.24) is 10.6 Å². The number of benzene rings is 1. The molecule has 26 heavy (non-hydrogen) atoms. The van der Waals surface area contributed by atoms with Crippen LogP contribution in [0.5, 0.6) is 0 Å². The van der Waals surface area contributed by atoms with Gasteiger partial charge < -0.3 is 19.5 Å². The van der Waals surface area contributed by atoms with Crippen molar-refractivity contribution in [3.05, 3.63) is 88.3 Å². The van der Waals surface area contributed by atoms with Gasteiger partial charge in [-0.15, -0.1) is 0 Å². The summed E-state index contributed by atoms with van der Waals surface area (Å²) in [7, 11) is 0. The lowest BCUT2D eigenvalue weighted by molar-refractivity contribution is -0.118. The zero-order valence-corrected chi connectivity index (χ0v) is 15.2. The van der Waals surface area contributed by atoms with Gasteiger partial charge in [-0.05, 0) is 48.0 Å². The second-order valence-electron chi connectivity index (χ2n) is 5.30. The molecule has 2 heterocycles. The summed E-state index contributed by atoms with van der Waals surface area (Å²) >= 11 is 3.36. The molecule has 0 atom stereocenters. The third-order valence-electron chi connectivity index (χ3n) is 3.42. The van der Waals surface area contributed by atoms with Crippen LogP contribution in [-0.2, 0) is 11.3 Å². The van der Waals surface area contributed by atoms with Crippen molar-refractivity contribution in [3.63, 3.8) is 0 Å². The molecule has 2 amide bonds. The van der Waals surface area contributed by atoms with Crippen molar-refractivity contribution in [2.75, 3.05) is 0 Å². The van der Waals surface area contributed by atoms with Crippen LogP contribution in [0.3, 0.4) is 0 Å². The summed E-state index contributed by atoms with van der Waals surface area (Å²) in [5.41, 5.74) is 0.858. The molecule has 132 valence electrons. The van der Waals surface area contributed by atoms with Gasteiger partial charge in [0.1, 0.15) is 11.5 Å². The van der Waals surface area contributed by atoms with Crippen LogP contribution in [0.25, 0.3) is 6.08 Å². The Balaban J connectivity index is 1.78. The molecule has 0 aliphatic heterocycles. The molecular formula is C19H15BrN2O4. The van der Waals surface area contributed by atoms with Crippen LogP contribution in [0.2, 0.25) is 0 Å². The minimum atomic E-state index is -0.508. The normalized spacial score (nSPS) is 11.2. The van der Waals surface area contributed by atoms with Gasteiger partial charge in [-0.25, -0.2) is 0 Å². The van der Waals surface area contributed by atoms with Crippen molar-refractivity contribution in [1.29, 1.82) is 0 Å². The van der Waals surface area contributed by atoms with Crippen LogP contribution in [0.15, 0.2) is 80.1 Å². The predicted octanol–water partition coefficient (Wildman–Crippen LogP) is 3.72. The smallest absolute Gasteiger partial charge is 0.291 e. The average molecular weight is 415 g/mol. The maximum Gasteiger partial charge on any atom is 0.291 e. The van der Waals surface area contributed by atoms with Gasteiger partial charge in [0.25, 0.3) is 11.8 Å². The Kier molecular flexibility index (Phi) is 5.70. The van der Waals surface area contributed by atoms with Gasteiger partial charge in [0, 0.05) is 4.47 Å². The molecule has 6 nitrogen and oxygen atoms in total. The molecule has 2 aromatic heterocycles. The fraction of sp³-hybridized carbons (Fsp3) is 0.0526. The summed E-state index contributed by atoms with van der Waals surface area (Å²) in [5.74, 6) is -0.222. The molecule has 0 aliphatic carbocycles. The topological polar surface area (TPSA) is 84.5 Å². The van der Waals surface area contributed by atoms with Crippen LogP contribution in [0.1, 0.15) is 21.9 Å². The van der Waals surface area contributed by atoms with Gasteiger partial charge in [-0.3, -0.25) is 9.59 Å². The third kappa shape index (κ3) is 4.73. The Hall–Kier alpha value is -3.06. The van der Waals surface area contributed by atoms with E-state index in [1.807, 2.05) is 24.3 Å². The number of hydrogen-bond acceptors (Lipinski definition) is 4. The molecule has 3 rings (SSSR count). The largest absolute Gasteiger partial charge is 0.467 e. The Labute approximate surface area is 158 Å². The first-order chi connectivity index (χ1) is 12.6. The molecular weight excluding hydrogens is 400 g/mol. The monoisotopic (exact) mass is 414 g/mol. The molecule has 0 aliphatic rings. The van der Waals surface area contributed by atoms with Gasteiger partial charge in [0.2, 0.25) is 0 Å². The first-order valence-electron chi connectivity index (χ1n) is 7.74. The summed E-state index contributed by atoms with van der Waals surface area (Å²) < 4.78 is 11.2. The number of nitrogens with one attached hydrogen (secondary N) is 2. The van der Waals surface area contributed by atoms with E-state index in [-0.39, 0.29) is 18.0 Å². The quantitative estimate of drug-likeness (QED) is 0.601. The van der Waals surface area contributed by atoms with Gasteiger partial charge in [0.05, 0.1) is 19.1 Å². The minimum absolute atomic E-state index is 0.0975. The van der Waals surface area contributed by atoms with Gasteiger partial charge in [-0.2, -0.15) is 0 Å². The molecule has 2 N–H and O–H groups in total. The summed E-state index contributed by atoms with van der Waals surface area (Å²) in [5, 5.41) is 5.30. The number of amides is 2. The van der Waals surface area contributed by atoms with E-state index in [1.165, 1.54) is 18.6 Å². The summed E-state index contributed by atoms with van der Waals surface area (Å²) in [6.45, 7) is 0.208. The first-order valence-corrected chi connectivity index (χ1v) is 8.54. The second-order valence-corrected chi connectivity index (χ2v) is 6.22. The fourth-order valence-electron chi connectivity index (χ4n) is 2.15. The van der Waals surface area contributed by atoms with Crippen molar-refractivity contribution < 1.29 is 18.4 Å². The van der Waals surface area contributed by atoms with Crippen LogP contribution >= 0.6 is 15.9 Å². The SMILES string of the molecule is O=C(NCc1ccco1)/C(=C/c1ccc(Br)cc1)NC(=O)c1ccco1. The van der Waals surface area contributed by atoms with Crippen LogP contribution in [-0.4, -0.2) is 11.8 Å². The van der Waals surface area contributed by atoms with E-state index in [1.54, 1.807) is 24.3 Å². The maximum atomic E-state index is 12.5. The predicted molar refractivity (Wildman–Crippen MR) is 98.8 cm³/mol. The molecule has 0 unspecified atom stereocenters. The summed E-state index contributed by atoms with van der Waals surface area (Å²) in [6, 6.07) is 13.9. The number of furan rings is 2. The molecule has 0 saturated carbocycles. The van der Waals surface area contributed by atoms with E-state index in [0.29, 0.717) is 5.76 Å². The number of carbonyl (C=O) groups excluding carboxylic acids is 2. The molecule has 1 aromatic carbocycles. The van der Waals surface area contributed by atoms with E-state index >= 15 is 0 Å². The maximum absolute atomic E-state index is 12.5. The van der Waals surface area contributed by atoms with Crippen LogP contribution in [0, 0.1) is 0 Å². The molecule has 7 heteroatoms. The molecule has 0 spiro atoms. The lowest BCUT2D eigenvalue weighted by Gasteiger charge is -2.09. The number of carbonyl (C=O) groups is 2. The number of halogens is 1. The standard InChI is InChI=1S/C19H15BrN2O4/c20-14-7-5-13(6-8-14)11-16(22-19(24)17-4-2-10-26-17)18(23)21-12-15-3-1-9-25-15/h1-11H,12H2,(H,21,23)(H,22,24)/b16-11-. The molecule has 0 bridgehead atoms. The summed E-state index contributed by atoms with van der Waals surface area (Å²) in [4.78, 5) is 24.8. The van der Waals surface area contributed by atoms with E-state index in [2.05, 4.69) is 26.6 Å². The molecule has 0 radical (unpaired) electrons. The van der Waals surface area contributed by atoms with Crippen LogP contribution < -0.4 is 10.6 Å². The Bertz CT molecular complexity index is 898. The Morgan fingerprint density at radius 1 is 1.00 bits per heavy atom.